The number of rotatable bonds is 6. The smallest absolute Gasteiger partial charge is 0.320 e. The van der Waals surface area contributed by atoms with Gasteiger partial charge in [0, 0.05) is 18.1 Å². The van der Waals surface area contributed by atoms with Crippen molar-refractivity contribution in [3.05, 3.63) is 68.3 Å². The lowest BCUT2D eigenvalue weighted by atomic mass is 9.97. The normalized spacial score (nSPS) is 11.7. The third-order valence-corrected chi connectivity index (χ3v) is 5.95. The second-order valence-electron chi connectivity index (χ2n) is 7.25. The van der Waals surface area contributed by atoms with Gasteiger partial charge in [-0.05, 0) is 53.6 Å². The number of nitrogens with zero attached hydrogens (tertiary/aromatic N) is 1. The molecular formula is C22H23N3O5S. The van der Waals surface area contributed by atoms with Crippen molar-refractivity contribution < 1.29 is 19.8 Å². The van der Waals surface area contributed by atoms with Crippen LogP contribution >= 0.6 is 11.3 Å². The Bertz CT molecular complexity index is 1180. The fraction of sp³-hybridized carbons (Fsp3) is 0.227. The van der Waals surface area contributed by atoms with E-state index in [0.29, 0.717) is 4.88 Å². The summed E-state index contributed by atoms with van der Waals surface area (Å²) >= 11 is 1.35. The minimum absolute atomic E-state index is 0.279. The van der Waals surface area contributed by atoms with Gasteiger partial charge in [0.2, 0.25) is 0 Å². The molecule has 2 heterocycles. The van der Waals surface area contributed by atoms with Crippen LogP contribution in [0, 0.1) is 13.8 Å². The number of carbonyl (C=O) groups excluding carboxylic acids is 1. The molecule has 2 amide bonds. The highest BCUT2D eigenvalue weighted by molar-refractivity contribution is 7.10. The van der Waals surface area contributed by atoms with E-state index in [1.54, 1.807) is 0 Å². The maximum Gasteiger partial charge on any atom is 0.320 e. The summed E-state index contributed by atoms with van der Waals surface area (Å²) in [6.45, 7) is 4.01. The van der Waals surface area contributed by atoms with Gasteiger partial charge in [-0.3, -0.25) is 9.59 Å². The van der Waals surface area contributed by atoms with Crippen LogP contribution in [0.15, 0.2) is 46.7 Å². The molecule has 1 aromatic carbocycles. The highest BCUT2D eigenvalue weighted by atomic mass is 32.1. The molecule has 0 bridgehead atoms. The van der Waals surface area contributed by atoms with Gasteiger partial charge in [-0.25, -0.2) is 4.79 Å². The molecule has 2 aromatic heterocycles. The summed E-state index contributed by atoms with van der Waals surface area (Å²) in [5, 5.41) is 26.1. The van der Waals surface area contributed by atoms with Crippen molar-refractivity contribution in [3.8, 4) is 16.9 Å². The Labute approximate surface area is 182 Å². The average molecular weight is 442 g/mol. The Morgan fingerprint density at radius 2 is 1.87 bits per heavy atom. The molecular weight excluding hydrogens is 418 g/mol. The van der Waals surface area contributed by atoms with Crippen molar-refractivity contribution in [2.24, 2.45) is 7.05 Å². The molecule has 0 spiro atoms. The van der Waals surface area contributed by atoms with E-state index in [-0.39, 0.29) is 17.9 Å². The van der Waals surface area contributed by atoms with Crippen LogP contribution < -0.4 is 16.2 Å². The van der Waals surface area contributed by atoms with Gasteiger partial charge in [0.05, 0.1) is 12.5 Å². The lowest BCUT2D eigenvalue weighted by Gasteiger charge is -2.16. The molecule has 0 saturated heterocycles. The van der Waals surface area contributed by atoms with Gasteiger partial charge < -0.3 is 25.4 Å². The first-order valence-corrected chi connectivity index (χ1v) is 10.4. The number of anilines is 1. The number of urea groups is 1. The quantitative estimate of drug-likeness (QED) is 0.464. The Hall–Kier alpha value is -3.59. The number of carboxylic acids is 1. The van der Waals surface area contributed by atoms with Crippen LogP contribution in [-0.2, 0) is 11.8 Å². The number of aliphatic carboxylic acids is 1. The standard InChI is InChI=1S/C22H23N3O5S/c1-12-5-4-6-13(2)19(12)14-9-17(31-11-14)15(10-18(27)28)23-22(30)24-20-16(26)7-8-25(3)21(20)29/h4-9,11,15,26H,10H2,1-3H3,(H,27,28)(H2,23,24,30). The first-order valence-electron chi connectivity index (χ1n) is 9.50. The molecule has 0 aliphatic rings. The molecule has 1 atom stereocenters. The molecule has 0 aliphatic heterocycles. The lowest BCUT2D eigenvalue weighted by molar-refractivity contribution is -0.137. The lowest BCUT2D eigenvalue weighted by Crippen LogP contribution is -2.35. The molecule has 0 aliphatic carbocycles. The predicted molar refractivity (Wildman–Crippen MR) is 120 cm³/mol. The Morgan fingerprint density at radius 1 is 1.19 bits per heavy atom. The molecule has 9 heteroatoms. The maximum absolute atomic E-state index is 12.5. The number of carbonyl (C=O) groups is 2. The van der Waals surface area contributed by atoms with Gasteiger partial charge in [0.25, 0.3) is 5.56 Å². The topological polar surface area (TPSA) is 121 Å². The van der Waals surface area contributed by atoms with Gasteiger partial charge in [-0.2, -0.15) is 0 Å². The minimum Gasteiger partial charge on any atom is -0.505 e. The number of benzene rings is 1. The third kappa shape index (κ3) is 4.95. The van der Waals surface area contributed by atoms with Gasteiger partial charge in [-0.15, -0.1) is 11.3 Å². The van der Waals surface area contributed by atoms with Crippen molar-refractivity contribution in [1.29, 1.82) is 0 Å². The molecule has 8 nitrogen and oxygen atoms in total. The summed E-state index contributed by atoms with van der Waals surface area (Å²) in [5.41, 5.74) is 3.35. The molecule has 3 rings (SSSR count). The van der Waals surface area contributed by atoms with Crippen LogP contribution in [0.5, 0.6) is 5.75 Å². The summed E-state index contributed by atoms with van der Waals surface area (Å²) in [5.74, 6) is -1.45. The van der Waals surface area contributed by atoms with Gasteiger partial charge >= 0.3 is 12.0 Å². The number of aryl methyl sites for hydroxylation is 3. The largest absolute Gasteiger partial charge is 0.505 e. The second kappa shape index (κ2) is 9.05. The Balaban J connectivity index is 1.86. The molecule has 0 radical (unpaired) electrons. The van der Waals surface area contributed by atoms with E-state index < -0.39 is 23.6 Å². The molecule has 3 aromatic rings. The fourth-order valence-electron chi connectivity index (χ4n) is 3.38. The summed E-state index contributed by atoms with van der Waals surface area (Å²) in [4.78, 5) is 36.7. The summed E-state index contributed by atoms with van der Waals surface area (Å²) < 4.78 is 1.21. The van der Waals surface area contributed by atoms with Crippen molar-refractivity contribution in [2.45, 2.75) is 26.3 Å². The Morgan fingerprint density at radius 3 is 2.52 bits per heavy atom. The highest BCUT2D eigenvalue weighted by Gasteiger charge is 2.22. The SMILES string of the molecule is Cc1cccc(C)c1-c1csc(C(CC(=O)O)NC(=O)Nc2c(O)ccn(C)c2=O)c1. The number of hydrogen-bond acceptors (Lipinski definition) is 5. The molecule has 162 valence electrons. The first-order chi connectivity index (χ1) is 14.7. The summed E-state index contributed by atoms with van der Waals surface area (Å²) in [7, 11) is 1.48. The number of thiophene rings is 1. The number of amides is 2. The van der Waals surface area contributed by atoms with E-state index in [9.17, 15) is 24.6 Å². The molecule has 1 unspecified atom stereocenters. The minimum atomic E-state index is -1.08. The van der Waals surface area contributed by atoms with Crippen LogP contribution in [0.3, 0.4) is 0 Å². The van der Waals surface area contributed by atoms with Crippen molar-refractivity contribution in [2.75, 3.05) is 5.32 Å². The van der Waals surface area contributed by atoms with Crippen molar-refractivity contribution >= 4 is 29.0 Å². The van der Waals surface area contributed by atoms with E-state index in [4.69, 9.17) is 0 Å². The van der Waals surface area contributed by atoms with Crippen molar-refractivity contribution in [3.63, 3.8) is 0 Å². The fourth-order valence-corrected chi connectivity index (χ4v) is 4.33. The third-order valence-electron chi connectivity index (χ3n) is 4.90. The second-order valence-corrected chi connectivity index (χ2v) is 8.19. The monoisotopic (exact) mass is 441 g/mol. The number of carboxylic acid groups (broad SMARTS) is 1. The predicted octanol–water partition coefficient (Wildman–Crippen LogP) is 3.77. The van der Waals surface area contributed by atoms with Crippen LogP contribution in [0.25, 0.3) is 11.1 Å². The zero-order chi connectivity index (χ0) is 22.7. The zero-order valence-electron chi connectivity index (χ0n) is 17.3. The highest BCUT2D eigenvalue weighted by Crippen LogP contribution is 2.34. The van der Waals surface area contributed by atoms with Gasteiger partial charge in [0.15, 0.2) is 5.69 Å². The molecule has 31 heavy (non-hydrogen) atoms. The number of aromatic hydroxyl groups is 1. The van der Waals surface area contributed by atoms with Crippen LogP contribution in [0.1, 0.15) is 28.5 Å². The van der Waals surface area contributed by atoms with Crippen LogP contribution in [0.4, 0.5) is 10.5 Å². The molecule has 0 fully saturated rings. The summed E-state index contributed by atoms with van der Waals surface area (Å²) in [6, 6.07) is 7.54. The maximum atomic E-state index is 12.5. The zero-order valence-corrected chi connectivity index (χ0v) is 18.1. The van der Waals surface area contributed by atoms with E-state index >= 15 is 0 Å². The first kappa shape index (κ1) is 22.1. The van der Waals surface area contributed by atoms with E-state index in [1.807, 2.05) is 43.5 Å². The molecule has 4 N–H and O–H groups in total. The van der Waals surface area contributed by atoms with Crippen LogP contribution in [0.2, 0.25) is 0 Å². The van der Waals surface area contributed by atoms with Gasteiger partial charge in [0.1, 0.15) is 5.75 Å². The van der Waals surface area contributed by atoms with E-state index in [2.05, 4.69) is 10.6 Å². The van der Waals surface area contributed by atoms with E-state index in [0.717, 1.165) is 22.3 Å². The van der Waals surface area contributed by atoms with Crippen molar-refractivity contribution in [1.82, 2.24) is 9.88 Å². The number of aromatic nitrogens is 1. The van der Waals surface area contributed by atoms with Crippen LogP contribution in [-0.4, -0.2) is 26.8 Å². The average Bonchev–Trinajstić information content (AvgIpc) is 3.17. The van der Waals surface area contributed by atoms with Gasteiger partial charge in [-0.1, -0.05) is 18.2 Å². The summed E-state index contributed by atoms with van der Waals surface area (Å²) in [6.07, 6.45) is 1.04. The number of nitrogens with one attached hydrogen (secondary N) is 2. The molecule has 0 saturated carbocycles. The van der Waals surface area contributed by atoms with E-state index in [1.165, 1.54) is 35.2 Å². The Kier molecular flexibility index (Phi) is 6.45. The number of hydrogen-bond donors (Lipinski definition) is 4. The number of pyridine rings is 1.